The Labute approximate surface area is 283 Å². The molecule has 2 saturated heterocycles. The van der Waals surface area contributed by atoms with Gasteiger partial charge in [0, 0.05) is 74.2 Å². The summed E-state index contributed by atoms with van der Waals surface area (Å²) in [4.78, 5) is 43.3. The van der Waals surface area contributed by atoms with Crippen LogP contribution in [0.25, 0.3) is 10.6 Å². The molecule has 4 unspecified atom stereocenters. The first kappa shape index (κ1) is 32.5. The van der Waals surface area contributed by atoms with E-state index in [4.69, 9.17) is 10.0 Å². The van der Waals surface area contributed by atoms with Crippen molar-refractivity contribution in [3.05, 3.63) is 51.3 Å². The molecule has 2 aliphatic heterocycles. The van der Waals surface area contributed by atoms with Gasteiger partial charge in [-0.1, -0.05) is 6.07 Å². The Morgan fingerprint density at radius 1 is 0.804 bits per heavy atom. The van der Waals surface area contributed by atoms with E-state index in [9.17, 15) is 9.59 Å². The Bertz CT molecular complexity index is 1650. The summed E-state index contributed by atoms with van der Waals surface area (Å²) in [5, 5.41) is 27.6. The smallest absolute Gasteiger partial charge is 0.423 e. The number of carbonyl (C=O) groups excluding carboxylic acids is 2. The molecule has 4 atom stereocenters. The minimum atomic E-state index is -1.42. The largest absolute Gasteiger partial charge is 0.490 e. The lowest BCUT2D eigenvalue weighted by Gasteiger charge is -2.18. The van der Waals surface area contributed by atoms with E-state index < -0.39 is 7.12 Å². The fourth-order valence-corrected chi connectivity index (χ4v) is 7.43. The van der Waals surface area contributed by atoms with Crippen LogP contribution in [0.1, 0.15) is 26.7 Å². The lowest BCUT2D eigenvalue weighted by molar-refractivity contribution is -0.115. The van der Waals surface area contributed by atoms with Crippen LogP contribution in [0.3, 0.4) is 0 Å². The third-order valence-electron chi connectivity index (χ3n) is 8.26. The van der Waals surface area contributed by atoms with Crippen LogP contribution < -0.4 is 25.9 Å². The molecule has 2 saturated carbocycles. The average molecular weight is 726 g/mol. The summed E-state index contributed by atoms with van der Waals surface area (Å²) in [6.45, 7) is 7.46. The third-order valence-corrected chi connectivity index (χ3v) is 10.5. The molecule has 8 rings (SSSR count). The fraction of sp³-hybridized carbons (Fsp3) is 0.400. The van der Waals surface area contributed by atoms with Gasteiger partial charge in [-0.2, -0.15) is 0 Å². The van der Waals surface area contributed by atoms with Gasteiger partial charge in [-0.05, 0) is 70.6 Å². The van der Waals surface area contributed by atoms with Crippen LogP contribution >= 0.6 is 38.6 Å². The predicted molar refractivity (Wildman–Crippen MR) is 185 cm³/mol. The molecule has 46 heavy (non-hydrogen) atoms. The van der Waals surface area contributed by atoms with E-state index in [0.29, 0.717) is 17.1 Å². The van der Waals surface area contributed by atoms with Gasteiger partial charge in [-0.25, -0.2) is 19.9 Å². The molecule has 4 aromatic rings. The molecular weight excluding hydrogens is 691 g/mol. The number of carbonyl (C=O) groups is 2. The Hall–Kier alpha value is -3.44. The summed E-state index contributed by atoms with van der Waals surface area (Å²) in [5.41, 5.74) is 1.44. The highest BCUT2D eigenvalue weighted by atomic mass is 79.9. The highest BCUT2D eigenvalue weighted by Gasteiger charge is 2.46. The molecule has 0 aromatic carbocycles. The zero-order chi connectivity index (χ0) is 32.4. The van der Waals surface area contributed by atoms with Crippen LogP contribution in [0.15, 0.2) is 51.3 Å². The van der Waals surface area contributed by atoms with Gasteiger partial charge in [0.15, 0.2) is 3.92 Å². The van der Waals surface area contributed by atoms with Crippen LogP contribution in [0.4, 0.5) is 23.3 Å². The van der Waals surface area contributed by atoms with E-state index >= 15 is 0 Å². The van der Waals surface area contributed by atoms with E-state index in [0.717, 1.165) is 76.0 Å². The van der Waals surface area contributed by atoms with Crippen molar-refractivity contribution >= 4 is 86.3 Å². The van der Waals surface area contributed by atoms with Crippen molar-refractivity contribution in [3.8, 4) is 10.6 Å². The molecule has 0 radical (unpaired) electrons. The Morgan fingerprint density at radius 2 is 1.33 bits per heavy atom. The first-order valence-electron chi connectivity index (χ1n) is 15.0. The number of nitrogens with zero attached hydrogens (tertiary/aromatic N) is 6. The normalized spacial score (nSPS) is 21.6. The maximum absolute atomic E-state index is 11.0. The van der Waals surface area contributed by atoms with Crippen molar-refractivity contribution in [2.45, 2.75) is 26.7 Å². The van der Waals surface area contributed by atoms with Gasteiger partial charge < -0.3 is 30.5 Å². The number of halogens is 1. The van der Waals surface area contributed by atoms with Crippen molar-refractivity contribution in [1.82, 2.24) is 19.9 Å². The van der Waals surface area contributed by atoms with E-state index in [1.807, 2.05) is 17.6 Å². The molecule has 2 aliphatic carbocycles. The van der Waals surface area contributed by atoms with Gasteiger partial charge in [0.1, 0.15) is 28.3 Å². The van der Waals surface area contributed by atoms with Crippen LogP contribution in [0, 0.1) is 23.7 Å². The number of rotatable bonds is 6. The molecule has 4 fully saturated rings. The minimum Gasteiger partial charge on any atom is -0.423 e. The zero-order valence-corrected chi connectivity index (χ0v) is 28.6. The van der Waals surface area contributed by atoms with Gasteiger partial charge in [0.25, 0.3) is 0 Å². The van der Waals surface area contributed by atoms with Crippen molar-refractivity contribution in [2.75, 3.05) is 46.6 Å². The maximum Gasteiger partial charge on any atom is 0.490 e. The second-order valence-corrected chi connectivity index (χ2v) is 14.9. The highest BCUT2D eigenvalue weighted by Crippen LogP contribution is 2.46. The summed E-state index contributed by atoms with van der Waals surface area (Å²) in [6, 6.07) is 7.71. The number of nitrogens with one attached hydrogen (secondary N) is 2. The maximum atomic E-state index is 11.0. The topological polar surface area (TPSA) is 157 Å². The van der Waals surface area contributed by atoms with Crippen molar-refractivity contribution in [3.63, 3.8) is 0 Å². The number of thiazole rings is 2. The Balaban J connectivity index is 0.000000130. The number of hydrogen-bond donors (Lipinski definition) is 4. The zero-order valence-electron chi connectivity index (χ0n) is 25.3. The molecule has 240 valence electrons. The molecule has 4 aromatic heterocycles. The molecule has 6 heterocycles. The number of hydrogen-bond acceptors (Lipinski definition) is 12. The predicted octanol–water partition coefficient (Wildman–Crippen LogP) is 3.70. The third kappa shape index (κ3) is 8.47. The SMILES string of the molecule is CC(=O)Nc1csc(-c2ccc(N3CC4CC4C3)nc2)n1.CC(=O)Nc1csc(Br)n1.OB(O)c1ccc(N2CC3CC3C2)nc1. The van der Waals surface area contributed by atoms with Gasteiger partial charge in [0.2, 0.25) is 11.8 Å². The van der Waals surface area contributed by atoms with Gasteiger partial charge >= 0.3 is 7.12 Å². The number of piperidine rings is 2. The second-order valence-electron chi connectivity index (χ2n) is 11.9. The summed E-state index contributed by atoms with van der Waals surface area (Å²) in [7, 11) is -1.42. The van der Waals surface area contributed by atoms with Gasteiger partial charge in [-0.3, -0.25) is 9.59 Å². The monoisotopic (exact) mass is 724 g/mol. The van der Waals surface area contributed by atoms with Crippen LogP contribution in [0.5, 0.6) is 0 Å². The lowest BCUT2D eigenvalue weighted by atomic mass is 9.82. The van der Waals surface area contributed by atoms with Crippen LogP contribution in [-0.4, -0.2) is 75.1 Å². The summed E-state index contributed by atoms with van der Waals surface area (Å²) in [5.74, 6) is 6.60. The van der Waals surface area contributed by atoms with Crippen LogP contribution in [-0.2, 0) is 9.59 Å². The molecule has 2 amide bonds. The van der Waals surface area contributed by atoms with Crippen molar-refractivity contribution in [1.29, 1.82) is 0 Å². The Morgan fingerprint density at radius 3 is 1.76 bits per heavy atom. The van der Waals surface area contributed by atoms with E-state index in [1.54, 1.807) is 11.4 Å². The molecule has 12 nitrogen and oxygen atoms in total. The van der Waals surface area contributed by atoms with Crippen molar-refractivity contribution < 1.29 is 19.6 Å². The molecule has 0 spiro atoms. The number of aromatic nitrogens is 4. The molecular formula is C30H34BBrN8O4S2. The quantitative estimate of drug-likeness (QED) is 0.216. The standard InChI is InChI=1S/C15H16N4OS.C10H13BN2O2.C5H5BrN2OS/c1-9(20)17-13-8-21-15(18-13)10-2-3-14(16-5-10)19-6-11-4-12(11)7-19;14-11(15)9-1-2-10(12-4-9)13-5-7-3-8(7)6-13;1-3(9)7-4-2-10-5(6)8-4/h2-3,5,8,11-12H,4,6-7H2,1H3,(H,17,20);1-2,4,7-8,14-15H,3,5-6H2;2H,1H3,(H,7,9). The number of pyridine rings is 2. The van der Waals surface area contributed by atoms with Crippen molar-refractivity contribution in [2.24, 2.45) is 23.7 Å². The first-order valence-corrected chi connectivity index (χ1v) is 17.6. The summed E-state index contributed by atoms with van der Waals surface area (Å²) >= 11 is 6.13. The number of fused-ring (bicyclic) bond motifs is 2. The summed E-state index contributed by atoms with van der Waals surface area (Å²) < 4.78 is 0.774. The molecule has 16 heteroatoms. The van der Waals surface area contributed by atoms with E-state index in [2.05, 4.69) is 68.4 Å². The van der Waals surface area contributed by atoms with E-state index in [-0.39, 0.29) is 11.8 Å². The number of amides is 2. The fourth-order valence-electron chi connectivity index (χ4n) is 5.74. The number of anilines is 4. The first-order chi connectivity index (χ1) is 22.1. The van der Waals surface area contributed by atoms with Gasteiger partial charge in [-0.15, -0.1) is 22.7 Å². The second kappa shape index (κ2) is 14.1. The van der Waals surface area contributed by atoms with Gasteiger partial charge in [0.05, 0.1) is 0 Å². The Kier molecular flexibility index (Phi) is 9.99. The summed E-state index contributed by atoms with van der Waals surface area (Å²) in [6.07, 6.45) is 6.18. The molecule has 4 N–H and O–H groups in total. The highest BCUT2D eigenvalue weighted by molar-refractivity contribution is 9.11. The lowest BCUT2D eigenvalue weighted by Crippen LogP contribution is -2.31. The average Bonchev–Trinajstić information content (AvgIpc) is 3.59. The molecule has 4 aliphatic rings. The van der Waals surface area contributed by atoms with Crippen LogP contribution in [0.2, 0.25) is 0 Å². The van der Waals surface area contributed by atoms with E-state index in [1.165, 1.54) is 55.6 Å². The molecule has 0 bridgehead atoms. The minimum absolute atomic E-state index is 0.0993.